The maximum absolute atomic E-state index is 12.8. The van der Waals surface area contributed by atoms with E-state index in [4.69, 9.17) is 14.6 Å². The summed E-state index contributed by atoms with van der Waals surface area (Å²) in [5.74, 6) is 0.163. The van der Waals surface area contributed by atoms with Gasteiger partial charge in [-0.25, -0.2) is 9.78 Å². The van der Waals surface area contributed by atoms with E-state index in [9.17, 15) is 18.0 Å². The highest BCUT2D eigenvalue weighted by molar-refractivity contribution is 7.15. The summed E-state index contributed by atoms with van der Waals surface area (Å²) in [6, 6.07) is 18.0. The fourth-order valence-electron chi connectivity index (χ4n) is 3.10. The van der Waals surface area contributed by atoms with Crippen molar-refractivity contribution in [1.29, 1.82) is 0 Å². The number of halogens is 3. The Morgan fingerprint density at radius 1 is 1.00 bits per heavy atom. The zero-order valence-corrected chi connectivity index (χ0v) is 18.6. The largest absolute Gasteiger partial charge is 0.484 e. The van der Waals surface area contributed by atoms with E-state index >= 15 is 0 Å². The van der Waals surface area contributed by atoms with Crippen LogP contribution < -0.4 is 9.47 Å². The lowest BCUT2D eigenvalue weighted by Gasteiger charge is -2.12. The molecule has 0 aliphatic rings. The number of carboxylic acids is 1. The highest BCUT2D eigenvalue weighted by Crippen LogP contribution is 2.35. The summed E-state index contributed by atoms with van der Waals surface area (Å²) in [6.07, 6.45) is -4.39. The van der Waals surface area contributed by atoms with Crippen LogP contribution in [0, 0.1) is 6.92 Å². The number of hydrogen-bond donors (Lipinski definition) is 1. The number of ether oxygens (including phenoxy) is 2. The second-order valence-corrected chi connectivity index (χ2v) is 8.36. The highest BCUT2D eigenvalue weighted by Gasteiger charge is 2.30. The molecule has 0 fully saturated rings. The normalized spacial score (nSPS) is 11.3. The first-order valence-corrected chi connectivity index (χ1v) is 10.9. The summed E-state index contributed by atoms with van der Waals surface area (Å²) in [6.45, 7) is 1.99. The molecular weight excluding hydrogens is 467 g/mol. The van der Waals surface area contributed by atoms with Crippen LogP contribution in [-0.2, 0) is 12.8 Å². The highest BCUT2D eigenvalue weighted by atomic mass is 32.1. The molecule has 1 aromatic heterocycles. The standard InChI is InChI=1S/C25H18F3NO4S/c1-15-22(34-23(29-15)16-9-11-18(12-10-16)25(26,27)28)14-32-20-7-2-3-8-21(20)33-19-6-4-5-17(13-19)24(30)31/h2-13H,14H2,1H3,(H,30,31). The molecule has 1 N–H and O–H groups in total. The number of hydrogen-bond acceptors (Lipinski definition) is 5. The van der Waals surface area contributed by atoms with E-state index in [1.54, 1.807) is 36.4 Å². The molecule has 174 valence electrons. The topological polar surface area (TPSA) is 68.7 Å². The number of para-hydroxylation sites is 2. The SMILES string of the molecule is Cc1nc(-c2ccc(C(F)(F)F)cc2)sc1COc1ccccc1Oc1cccc(C(=O)O)c1. The van der Waals surface area contributed by atoms with E-state index in [0.717, 1.165) is 17.0 Å². The minimum Gasteiger partial charge on any atom is -0.484 e. The fourth-order valence-corrected chi connectivity index (χ4v) is 4.08. The lowest BCUT2D eigenvalue weighted by molar-refractivity contribution is -0.137. The summed E-state index contributed by atoms with van der Waals surface area (Å²) < 4.78 is 50.2. The number of carboxylic acid groups (broad SMARTS) is 1. The van der Waals surface area contributed by atoms with Gasteiger partial charge >= 0.3 is 12.1 Å². The maximum Gasteiger partial charge on any atom is 0.416 e. The third-order valence-corrected chi connectivity index (χ3v) is 6.05. The number of rotatable bonds is 7. The molecule has 0 amide bonds. The zero-order valence-electron chi connectivity index (χ0n) is 17.8. The van der Waals surface area contributed by atoms with E-state index in [-0.39, 0.29) is 12.2 Å². The first kappa shape index (κ1) is 23.3. The maximum atomic E-state index is 12.8. The van der Waals surface area contributed by atoms with Gasteiger partial charge in [0.1, 0.15) is 17.4 Å². The molecule has 5 nitrogen and oxygen atoms in total. The molecule has 34 heavy (non-hydrogen) atoms. The van der Waals surface area contributed by atoms with Crippen molar-refractivity contribution in [3.05, 3.63) is 94.5 Å². The van der Waals surface area contributed by atoms with E-state index in [0.29, 0.717) is 33.5 Å². The van der Waals surface area contributed by atoms with E-state index in [1.807, 2.05) is 6.92 Å². The number of nitrogens with zero attached hydrogens (tertiary/aromatic N) is 1. The number of benzene rings is 3. The number of aromatic nitrogens is 1. The molecule has 0 saturated heterocycles. The predicted molar refractivity (Wildman–Crippen MR) is 122 cm³/mol. The van der Waals surface area contributed by atoms with Gasteiger partial charge in [0.25, 0.3) is 0 Å². The molecule has 0 spiro atoms. The number of thiazole rings is 1. The lowest BCUT2D eigenvalue weighted by atomic mass is 10.1. The molecule has 3 aromatic carbocycles. The Bertz CT molecular complexity index is 1320. The predicted octanol–water partition coefficient (Wildman–Crippen LogP) is 7.21. The molecule has 1 heterocycles. The van der Waals surface area contributed by atoms with Gasteiger partial charge in [-0.1, -0.05) is 30.3 Å². The van der Waals surface area contributed by atoms with Crippen LogP contribution in [0.3, 0.4) is 0 Å². The van der Waals surface area contributed by atoms with Crippen molar-refractivity contribution in [3.63, 3.8) is 0 Å². The molecule has 0 aliphatic carbocycles. The van der Waals surface area contributed by atoms with E-state index < -0.39 is 17.7 Å². The number of aromatic carboxylic acids is 1. The van der Waals surface area contributed by atoms with Gasteiger partial charge in [0.2, 0.25) is 0 Å². The lowest BCUT2D eigenvalue weighted by Crippen LogP contribution is -2.03. The fraction of sp³-hybridized carbons (Fsp3) is 0.120. The third-order valence-electron chi connectivity index (χ3n) is 4.87. The van der Waals surface area contributed by atoms with Gasteiger partial charge in [-0.3, -0.25) is 0 Å². The molecule has 0 aliphatic heterocycles. The van der Waals surface area contributed by atoms with Gasteiger partial charge in [0.15, 0.2) is 11.5 Å². The van der Waals surface area contributed by atoms with Crippen molar-refractivity contribution in [1.82, 2.24) is 4.98 Å². The summed E-state index contributed by atoms with van der Waals surface area (Å²) in [5.41, 5.74) is 0.701. The van der Waals surface area contributed by atoms with Crippen LogP contribution in [0.15, 0.2) is 72.8 Å². The average Bonchev–Trinajstić information content (AvgIpc) is 3.18. The molecule has 0 unspecified atom stereocenters. The second kappa shape index (κ2) is 9.56. The first-order chi connectivity index (χ1) is 16.2. The van der Waals surface area contributed by atoms with Crippen LogP contribution in [0.5, 0.6) is 17.2 Å². The van der Waals surface area contributed by atoms with Gasteiger partial charge in [-0.05, 0) is 49.4 Å². The van der Waals surface area contributed by atoms with E-state index in [1.165, 1.54) is 35.6 Å². The Morgan fingerprint density at radius 3 is 2.38 bits per heavy atom. The van der Waals surface area contributed by atoms with Crippen LogP contribution in [0.2, 0.25) is 0 Å². The van der Waals surface area contributed by atoms with Gasteiger partial charge < -0.3 is 14.6 Å². The summed E-state index contributed by atoms with van der Waals surface area (Å²) in [7, 11) is 0. The van der Waals surface area contributed by atoms with Gasteiger partial charge in [-0.15, -0.1) is 11.3 Å². The zero-order chi connectivity index (χ0) is 24.3. The van der Waals surface area contributed by atoms with Crippen LogP contribution in [0.25, 0.3) is 10.6 Å². The molecule has 0 bridgehead atoms. The quantitative estimate of drug-likeness (QED) is 0.300. The Kier molecular flexibility index (Phi) is 6.56. The number of alkyl halides is 3. The molecule has 9 heteroatoms. The molecule has 0 saturated carbocycles. The molecule has 4 rings (SSSR count). The summed E-state index contributed by atoms with van der Waals surface area (Å²) in [4.78, 5) is 16.5. The molecule has 4 aromatic rings. The van der Waals surface area contributed by atoms with E-state index in [2.05, 4.69) is 4.98 Å². The van der Waals surface area contributed by atoms with Crippen molar-refractivity contribution in [2.45, 2.75) is 19.7 Å². The van der Waals surface area contributed by atoms with Gasteiger partial charge in [-0.2, -0.15) is 13.2 Å². The minimum atomic E-state index is -4.39. The van der Waals surface area contributed by atoms with Gasteiger partial charge in [0, 0.05) is 5.56 Å². The summed E-state index contributed by atoms with van der Waals surface area (Å²) in [5, 5.41) is 9.76. The van der Waals surface area contributed by atoms with Crippen LogP contribution in [0.4, 0.5) is 13.2 Å². The van der Waals surface area contributed by atoms with Crippen LogP contribution in [-0.4, -0.2) is 16.1 Å². The van der Waals surface area contributed by atoms with Crippen molar-refractivity contribution >= 4 is 17.3 Å². The van der Waals surface area contributed by atoms with Gasteiger partial charge in [0.05, 0.1) is 21.7 Å². The molecule has 0 radical (unpaired) electrons. The third kappa shape index (κ3) is 5.37. The first-order valence-electron chi connectivity index (χ1n) is 10.1. The second-order valence-electron chi connectivity index (χ2n) is 7.27. The van der Waals surface area contributed by atoms with Crippen molar-refractivity contribution in [2.75, 3.05) is 0 Å². The Labute approximate surface area is 197 Å². The van der Waals surface area contributed by atoms with Crippen molar-refractivity contribution in [2.24, 2.45) is 0 Å². The van der Waals surface area contributed by atoms with Crippen molar-refractivity contribution in [3.8, 4) is 27.8 Å². The molecular formula is C25H18F3NO4S. The number of aryl methyl sites for hydroxylation is 1. The smallest absolute Gasteiger partial charge is 0.416 e. The minimum absolute atomic E-state index is 0.104. The number of carbonyl (C=O) groups is 1. The van der Waals surface area contributed by atoms with Crippen LogP contribution >= 0.6 is 11.3 Å². The Balaban J connectivity index is 1.49. The molecule has 0 atom stereocenters. The monoisotopic (exact) mass is 485 g/mol. The Hall–Kier alpha value is -3.85. The van der Waals surface area contributed by atoms with Crippen LogP contribution in [0.1, 0.15) is 26.5 Å². The average molecular weight is 485 g/mol. The summed E-state index contributed by atoms with van der Waals surface area (Å²) >= 11 is 1.34. The Morgan fingerprint density at radius 2 is 1.71 bits per heavy atom. The van der Waals surface area contributed by atoms with Crippen molar-refractivity contribution < 1.29 is 32.5 Å².